The molecular formula is C25H16Br2ClNO4. The molecule has 4 aromatic rings. The fraction of sp³-hybridized carbons (Fsp3) is 0.0400. The Morgan fingerprint density at radius 2 is 1.85 bits per heavy atom. The summed E-state index contributed by atoms with van der Waals surface area (Å²) in [7, 11) is 1.56. The van der Waals surface area contributed by atoms with Crippen molar-refractivity contribution in [3.63, 3.8) is 0 Å². The molecule has 0 bridgehead atoms. The largest absolute Gasteiger partial charge is 0.495 e. The van der Waals surface area contributed by atoms with E-state index < -0.39 is 5.63 Å². The van der Waals surface area contributed by atoms with Gasteiger partial charge < -0.3 is 14.5 Å². The first-order valence-corrected chi connectivity index (χ1v) is 11.7. The SMILES string of the molecule is COc1c(Br)cc(Br)cc1C=CC(=O)Nc1ccc(-c2cc3ccccc3oc2=O)c(Cl)c1. The average molecular weight is 590 g/mol. The van der Waals surface area contributed by atoms with Crippen molar-refractivity contribution in [1.29, 1.82) is 0 Å². The zero-order valence-corrected chi connectivity index (χ0v) is 21.1. The Kier molecular flexibility index (Phi) is 7.02. The van der Waals surface area contributed by atoms with Crippen molar-refractivity contribution in [2.75, 3.05) is 12.4 Å². The first kappa shape index (κ1) is 23.3. The van der Waals surface area contributed by atoms with Crippen LogP contribution in [-0.4, -0.2) is 13.0 Å². The lowest BCUT2D eigenvalue weighted by Crippen LogP contribution is -2.08. The third-order valence-electron chi connectivity index (χ3n) is 4.82. The summed E-state index contributed by atoms with van der Waals surface area (Å²) in [5, 5.41) is 3.88. The molecule has 4 rings (SSSR count). The van der Waals surface area contributed by atoms with E-state index in [0.717, 1.165) is 19.9 Å². The van der Waals surface area contributed by atoms with Crippen LogP contribution in [0.1, 0.15) is 5.56 Å². The highest BCUT2D eigenvalue weighted by Crippen LogP contribution is 2.34. The normalized spacial score (nSPS) is 11.2. The standard InChI is InChI=1S/C25H16Br2ClNO4/c1-32-24-15(10-16(26)12-20(24)27)6-9-23(30)29-17-7-8-18(21(28)13-17)19-11-14-4-2-3-5-22(14)33-25(19)31/h2-13H,1H3,(H,29,30). The third-order valence-corrected chi connectivity index (χ3v) is 6.18. The Labute approximate surface area is 211 Å². The van der Waals surface area contributed by atoms with Crippen molar-refractivity contribution in [1.82, 2.24) is 0 Å². The summed E-state index contributed by atoms with van der Waals surface area (Å²) in [6.07, 6.45) is 3.05. The topological polar surface area (TPSA) is 68.5 Å². The summed E-state index contributed by atoms with van der Waals surface area (Å²) in [6.45, 7) is 0. The van der Waals surface area contributed by atoms with Crippen molar-refractivity contribution < 1.29 is 13.9 Å². The van der Waals surface area contributed by atoms with Gasteiger partial charge in [0.1, 0.15) is 11.3 Å². The van der Waals surface area contributed by atoms with E-state index in [0.29, 0.717) is 33.2 Å². The van der Waals surface area contributed by atoms with Gasteiger partial charge in [-0.05, 0) is 58.4 Å². The number of anilines is 1. The summed E-state index contributed by atoms with van der Waals surface area (Å²) in [4.78, 5) is 24.9. The Morgan fingerprint density at radius 1 is 1.06 bits per heavy atom. The fourth-order valence-electron chi connectivity index (χ4n) is 3.33. The molecule has 1 aromatic heterocycles. The predicted octanol–water partition coefficient (Wildman–Crippen LogP) is 7.30. The lowest BCUT2D eigenvalue weighted by atomic mass is 10.1. The van der Waals surface area contributed by atoms with Gasteiger partial charge in [-0.2, -0.15) is 0 Å². The van der Waals surface area contributed by atoms with Gasteiger partial charge in [0.05, 0.1) is 22.2 Å². The number of ether oxygens (including phenoxy) is 1. The molecule has 0 aliphatic rings. The first-order chi connectivity index (χ1) is 15.9. The zero-order valence-electron chi connectivity index (χ0n) is 17.2. The summed E-state index contributed by atoms with van der Waals surface area (Å²) in [5.74, 6) is 0.269. The molecule has 0 aliphatic carbocycles. The Morgan fingerprint density at radius 3 is 2.61 bits per heavy atom. The Balaban J connectivity index is 1.56. The number of para-hydroxylation sites is 1. The second kappa shape index (κ2) is 9.95. The molecule has 33 heavy (non-hydrogen) atoms. The van der Waals surface area contributed by atoms with Crippen LogP contribution in [0.5, 0.6) is 5.75 Å². The molecule has 0 fully saturated rings. The van der Waals surface area contributed by atoms with E-state index in [1.165, 1.54) is 6.08 Å². The summed E-state index contributed by atoms with van der Waals surface area (Å²) in [6, 6.07) is 17.6. The maximum Gasteiger partial charge on any atom is 0.344 e. The highest BCUT2D eigenvalue weighted by atomic mass is 79.9. The Bertz CT molecular complexity index is 1460. The van der Waals surface area contributed by atoms with Gasteiger partial charge in [0.25, 0.3) is 0 Å². The summed E-state index contributed by atoms with van der Waals surface area (Å²) < 4.78 is 12.4. The van der Waals surface area contributed by atoms with Crippen LogP contribution in [0.15, 0.2) is 84.9 Å². The van der Waals surface area contributed by atoms with Gasteiger partial charge in [0, 0.05) is 32.7 Å². The number of halogens is 3. The molecule has 166 valence electrons. The molecule has 0 spiro atoms. The van der Waals surface area contributed by atoms with Crippen LogP contribution >= 0.6 is 43.5 Å². The Hall–Kier alpha value is -2.87. The van der Waals surface area contributed by atoms with Crippen molar-refractivity contribution in [2.45, 2.75) is 0 Å². The van der Waals surface area contributed by atoms with Crippen LogP contribution < -0.4 is 15.7 Å². The highest BCUT2D eigenvalue weighted by Gasteiger charge is 2.13. The van der Waals surface area contributed by atoms with Gasteiger partial charge in [0.2, 0.25) is 5.91 Å². The lowest BCUT2D eigenvalue weighted by Gasteiger charge is -2.09. The van der Waals surface area contributed by atoms with Gasteiger partial charge >= 0.3 is 5.63 Å². The molecule has 0 radical (unpaired) electrons. The quantitative estimate of drug-likeness (QED) is 0.196. The minimum Gasteiger partial charge on any atom is -0.495 e. The minimum atomic E-state index is -0.482. The van der Waals surface area contributed by atoms with Crippen LogP contribution in [0.3, 0.4) is 0 Å². The molecule has 1 heterocycles. The maximum absolute atomic E-state index is 12.5. The van der Waals surface area contributed by atoms with E-state index in [-0.39, 0.29) is 5.91 Å². The number of hydrogen-bond acceptors (Lipinski definition) is 4. The van der Waals surface area contributed by atoms with Crippen LogP contribution in [0, 0.1) is 0 Å². The number of methoxy groups -OCH3 is 1. The summed E-state index contributed by atoms with van der Waals surface area (Å²) >= 11 is 13.3. The number of rotatable bonds is 5. The predicted molar refractivity (Wildman–Crippen MR) is 139 cm³/mol. The van der Waals surface area contributed by atoms with E-state index in [1.807, 2.05) is 24.3 Å². The second-order valence-corrected chi connectivity index (χ2v) is 9.19. The molecule has 1 amide bonds. The molecule has 0 atom stereocenters. The number of fused-ring (bicyclic) bond motifs is 1. The summed E-state index contributed by atoms with van der Waals surface area (Å²) in [5.41, 5.74) is 2.12. The van der Waals surface area contributed by atoms with Gasteiger partial charge in [0.15, 0.2) is 0 Å². The maximum atomic E-state index is 12.5. The van der Waals surface area contributed by atoms with Gasteiger partial charge in [-0.15, -0.1) is 0 Å². The fourth-order valence-corrected chi connectivity index (χ4v) is 5.03. The van der Waals surface area contributed by atoms with Crippen molar-refractivity contribution in [3.8, 4) is 16.9 Å². The minimum absolute atomic E-state index is 0.317. The lowest BCUT2D eigenvalue weighted by molar-refractivity contribution is -0.111. The molecule has 1 N–H and O–H groups in total. The molecule has 3 aromatic carbocycles. The number of carbonyl (C=O) groups is 1. The van der Waals surface area contributed by atoms with E-state index >= 15 is 0 Å². The number of nitrogens with one attached hydrogen (secondary N) is 1. The van der Waals surface area contributed by atoms with Crippen LogP contribution in [0.4, 0.5) is 5.69 Å². The van der Waals surface area contributed by atoms with E-state index in [1.54, 1.807) is 49.6 Å². The monoisotopic (exact) mass is 587 g/mol. The van der Waals surface area contributed by atoms with E-state index in [4.69, 9.17) is 20.8 Å². The molecule has 0 saturated carbocycles. The average Bonchev–Trinajstić information content (AvgIpc) is 2.77. The molecule has 8 heteroatoms. The van der Waals surface area contributed by atoms with Gasteiger partial charge in [-0.25, -0.2) is 4.79 Å². The van der Waals surface area contributed by atoms with Crippen molar-refractivity contribution in [2.24, 2.45) is 0 Å². The van der Waals surface area contributed by atoms with Crippen LogP contribution in [0.25, 0.3) is 28.2 Å². The smallest absolute Gasteiger partial charge is 0.344 e. The second-order valence-electron chi connectivity index (χ2n) is 7.01. The number of carbonyl (C=O) groups excluding carboxylic acids is 1. The van der Waals surface area contributed by atoms with Crippen molar-refractivity contribution >= 4 is 72.1 Å². The third kappa shape index (κ3) is 5.21. The molecule has 0 saturated heterocycles. The van der Waals surface area contributed by atoms with E-state index in [2.05, 4.69) is 37.2 Å². The van der Waals surface area contributed by atoms with Crippen molar-refractivity contribution in [3.05, 3.63) is 96.7 Å². The van der Waals surface area contributed by atoms with Crippen LogP contribution in [-0.2, 0) is 4.79 Å². The molecular weight excluding hydrogens is 574 g/mol. The highest BCUT2D eigenvalue weighted by molar-refractivity contribution is 9.11. The molecule has 0 aliphatic heterocycles. The van der Waals surface area contributed by atoms with E-state index in [9.17, 15) is 9.59 Å². The van der Waals surface area contributed by atoms with Crippen LogP contribution in [0.2, 0.25) is 5.02 Å². The molecule has 5 nitrogen and oxygen atoms in total. The van der Waals surface area contributed by atoms with Gasteiger partial charge in [-0.1, -0.05) is 51.8 Å². The number of hydrogen-bond donors (Lipinski definition) is 1. The van der Waals surface area contributed by atoms with Gasteiger partial charge in [-0.3, -0.25) is 4.79 Å². The first-order valence-electron chi connectivity index (χ1n) is 9.70. The number of amides is 1. The number of benzene rings is 3. The zero-order chi connectivity index (χ0) is 23.5. The molecule has 0 unspecified atom stereocenters.